The van der Waals surface area contributed by atoms with Crippen molar-refractivity contribution in [1.82, 2.24) is 10.2 Å². The predicted molar refractivity (Wildman–Crippen MR) is 48.3 cm³/mol. The molecule has 0 bridgehead atoms. The van der Waals surface area contributed by atoms with E-state index in [0.29, 0.717) is 6.54 Å². The Morgan fingerprint density at radius 1 is 1.58 bits per heavy atom. The first-order valence-electron chi connectivity index (χ1n) is 4.35. The summed E-state index contributed by atoms with van der Waals surface area (Å²) in [5.74, 6) is -0.758. The molecule has 0 aromatic rings. The minimum atomic E-state index is -0.758. The standard InChI is InChI=1S/C6H12N2O2.C2H6/c1-8-3-2-7-5(4-8)6(9)10;1-2/h5,7H,2-4H2,1H3,(H,9,10);1-2H3. The number of carbonyl (C=O) groups is 1. The first-order chi connectivity index (χ1) is 5.70. The van der Waals surface area contributed by atoms with Crippen LogP contribution in [0, 0.1) is 0 Å². The number of nitrogens with one attached hydrogen (secondary N) is 1. The molecule has 0 aliphatic carbocycles. The number of aliphatic carboxylic acids is 1. The van der Waals surface area contributed by atoms with E-state index >= 15 is 0 Å². The van der Waals surface area contributed by atoms with Crippen molar-refractivity contribution in [2.75, 3.05) is 26.7 Å². The molecule has 2 N–H and O–H groups in total. The summed E-state index contributed by atoms with van der Waals surface area (Å²) in [4.78, 5) is 12.4. The largest absolute Gasteiger partial charge is 0.480 e. The average Bonchev–Trinajstić information content (AvgIpc) is 2.08. The van der Waals surface area contributed by atoms with Gasteiger partial charge in [-0.05, 0) is 7.05 Å². The van der Waals surface area contributed by atoms with E-state index in [1.54, 1.807) is 0 Å². The van der Waals surface area contributed by atoms with Gasteiger partial charge in [0, 0.05) is 19.6 Å². The SMILES string of the molecule is CC.CN1CCNC(C(=O)O)C1. The summed E-state index contributed by atoms with van der Waals surface area (Å²) in [6.07, 6.45) is 0. The summed E-state index contributed by atoms with van der Waals surface area (Å²) in [6, 6.07) is -0.376. The zero-order valence-electron chi connectivity index (χ0n) is 8.00. The Morgan fingerprint density at radius 2 is 2.17 bits per heavy atom. The van der Waals surface area contributed by atoms with Crippen LogP contribution in [-0.2, 0) is 4.79 Å². The Morgan fingerprint density at radius 3 is 2.50 bits per heavy atom. The molecule has 72 valence electrons. The maximum absolute atomic E-state index is 10.4. The van der Waals surface area contributed by atoms with Crippen LogP contribution < -0.4 is 5.32 Å². The monoisotopic (exact) mass is 174 g/mol. The number of hydrogen-bond donors (Lipinski definition) is 2. The summed E-state index contributed by atoms with van der Waals surface area (Å²) in [6.45, 7) is 6.31. The third-order valence-electron chi connectivity index (χ3n) is 1.68. The van der Waals surface area contributed by atoms with Crippen LogP contribution in [0.1, 0.15) is 13.8 Å². The number of hydrogen-bond acceptors (Lipinski definition) is 3. The average molecular weight is 174 g/mol. The van der Waals surface area contributed by atoms with Crippen molar-refractivity contribution in [2.45, 2.75) is 19.9 Å². The van der Waals surface area contributed by atoms with E-state index in [1.165, 1.54) is 0 Å². The van der Waals surface area contributed by atoms with Crippen LogP contribution in [0.5, 0.6) is 0 Å². The molecule has 1 aliphatic heterocycles. The molecule has 1 rings (SSSR count). The van der Waals surface area contributed by atoms with Crippen molar-refractivity contribution < 1.29 is 9.90 Å². The van der Waals surface area contributed by atoms with Gasteiger partial charge in [-0.1, -0.05) is 13.8 Å². The van der Waals surface area contributed by atoms with Gasteiger partial charge in [0.15, 0.2) is 0 Å². The highest BCUT2D eigenvalue weighted by Gasteiger charge is 2.21. The van der Waals surface area contributed by atoms with Crippen molar-refractivity contribution >= 4 is 5.97 Å². The maximum atomic E-state index is 10.4. The van der Waals surface area contributed by atoms with E-state index in [0.717, 1.165) is 13.1 Å². The molecule has 0 radical (unpaired) electrons. The van der Waals surface area contributed by atoms with Crippen molar-refractivity contribution in [1.29, 1.82) is 0 Å². The van der Waals surface area contributed by atoms with Gasteiger partial charge in [0.2, 0.25) is 0 Å². The van der Waals surface area contributed by atoms with Crippen LogP contribution in [0.2, 0.25) is 0 Å². The molecule has 12 heavy (non-hydrogen) atoms. The Kier molecular flexibility index (Phi) is 5.66. The van der Waals surface area contributed by atoms with Crippen LogP contribution in [0.3, 0.4) is 0 Å². The molecule has 1 atom stereocenters. The molecule has 0 aromatic carbocycles. The fraction of sp³-hybridized carbons (Fsp3) is 0.875. The molecule has 0 spiro atoms. The van der Waals surface area contributed by atoms with Gasteiger partial charge in [-0.15, -0.1) is 0 Å². The van der Waals surface area contributed by atoms with Crippen molar-refractivity contribution in [3.05, 3.63) is 0 Å². The fourth-order valence-corrected chi connectivity index (χ4v) is 1.06. The lowest BCUT2D eigenvalue weighted by molar-refractivity contribution is -0.140. The summed E-state index contributed by atoms with van der Waals surface area (Å²) < 4.78 is 0. The quantitative estimate of drug-likeness (QED) is 0.587. The molecule has 4 nitrogen and oxygen atoms in total. The van der Waals surface area contributed by atoms with Gasteiger partial charge in [-0.2, -0.15) is 0 Å². The van der Waals surface area contributed by atoms with E-state index in [4.69, 9.17) is 5.11 Å². The maximum Gasteiger partial charge on any atom is 0.322 e. The van der Waals surface area contributed by atoms with E-state index in [-0.39, 0.29) is 6.04 Å². The molecule has 1 aliphatic rings. The van der Waals surface area contributed by atoms with Crippen LogP contribution in [0.25, 0.3) is 0 Å². The van der Waals surface area contributed by atoms with Gasteiger partial charge in [0.25, 0.3) is 0 Å². The molecule has 1 unspecified atom stereocenters. The topological polar surface area (TPSA) is 52.6 Å². The summed E-state index contributed by atoms with van der Waals surface area (Å²) in [7, 11) is 1.93. The number of carboxylic acids is 1. The lowest BCUT2D eigenvalue weighted by atomic mass is 10.2. The van der Waals surface area contributed by atoms with Crippen molar-refractivity contribution in [2.24, 2.45) is 0 Å². The first-order valence-corrected chi connectivity index (χ1v) is 4.35. The highest BCUT2D eigenvalue weighted by molar-refractivity contribution is 5.73. The molecule has 1 heterocycles. The van der Waals surface area contributed by atoms with Crippen LogP contribution >= 0.6 is 0 Å². The van der Waals surface area contributed by atoms with Gasteiger partial charge in [-0.25, -0.2) is 0 Å². The van der Waals surface area contributed by atoms with Gasteiger partial charge in [0.05, 0.1) is 0 Å². The Bertz CT molecular complexity index is 139. The zero-order valence-corrected chi connectivity index (χ0v) is 8.00. The Balaban J connectivity index is 0.000000561. The molecule has 1 saturated heterocycles. The summed E-state index contributed by atoms with van der Waals surface area (Å²) >= 11 is 0. The lowest BCUT2D eigenvalue weighted by Crippen LogP contribution is -2.52. The first kappa shape index (κ1) is 11.4. The highest BCUT2D eigenvalue weighted by atomic mass is 16.4. The third kappa shape index (κ3) is 3.69. The second-order valence-electron chi connectivity index (χ2n) is 2.61. The van der Waals surface area contributed by atoms with E-state index in [9.17, 15) is 4.79 Å². The van der Waals surface area contributed by atoms with Gasteiger partial charge in [0.1, 0.15) is 6.04 Å². The Hall–Kier alpha value is -0.610. The molecular weight excluding hydrogens is 156 g/mol. The molecule has 1 fully saturated rings. The lowest BCUT2D eigenvalue weighted by Gasteiger charge is -2.27. The van der Waals surface area contributed by atoms with Crippen molar-refractivity contribution in [3.63, 3.8) is 0 Å². The molecular formula is C8H18N2O2. The number of rotatable bonds is 1. The number of likely N-dealkylation sites (N-methyl/N-ethyl adjacent to an activating group) is 1. The van der Waals surface area contributed by atoms with E-state index in [2.05, 4.69) is 5.32 Å². The molecule has 4 heteroatoms. The third-order valence-corrected chi connectivity index (χ3v) is 1.68. The number of carboxylic acid groups (broad SMARTS) is 1. The minimum absolute atomic E-state index is 0.376. The normalized spacial score (nSPS) is 24.1. The number of piperazine rings is 1. The second kappa shape index (κ2) is 5.97. The summed E-state index contributed by atoms with van der Waals surface area (Å²) in [5, 5.41) is 11.5. The van der Waals surface area contributed by atoms with Gasteiger partial charge >= 0.3 is 5.97 Å². The smallest absolute Gasteiger partial charge is 0.322 e. The van der Waals surface area contributed by atoms with E-state index < -0.39 is 5.97 Å². The highest BCUT2D eigenvalue weighted by Crippen LogP contribution is 1.94. The zero-order chi connectivity index (χ0) is 9.56. The van der Waals surface area contributed by atoms with Crippen molar-refractivity contribution in [3.8, 4) is 0 Å². The fourth-order valence-electron chi connectivity index (χ4n) is 1.06. The predicted octanol–water partition coefficient (Wildman–Crippen LogP) is 0.000800. The Labute approximate surface area is 73.6 Å². The molecule has 0 aromatic heterocycles. The van der Waals surface area contributed by atoms with Gasteiger partial charge in [-0.3, -0.25) is 4.79 Å². The summed E-state index contributed by atoms with van der Waals surface area (Å²) in [5.41, 5.74) is 0. The molecule has 0 saturated carbocycles. The van der Waals surface area contributed by atoms with Gasteiger partial charge < -0.3 is 15.3 Å². The minimum Gasteiger partial charge on any atom is -0.480 e. The number of nitrogens with zero attached hydrogens (tertiary/aromatic N) is 1. The van der Waals surface area contributed by atoms with Crippen LogP contribution in [0.15, 0.2) is 0 Å². The van der Waals surface area contributed by atoms with Crippen LogP contribution in [-0.4, -0.2) is 48.7 Å². The molecule has 0 amide bonds. The van der Waals surface area contributed by atoms with Crippen LogP contribution in [0.4, 0.5) is 0 Å². The second-order valence-corrected chi connectivity index (χ2v) is 2.61. The van der Waals surface area contributed by atoms with E-state index in [1.807, 2.05) is 25.8 Å².